The van der Waals surface area contributed by atoms with Crippen molar-refractivity contribution in [3.05, 3.63) is 47.5 Å². The Labute approximate surface area is 245 Å². The lowest BCUT2D eigenvalue weighted by Crippen LogP contribution is -2.47. The number of benzene rings is 2. The molecule has 224 valence electrons. The van der Waals surface area contributed by atoms with Gasteiger partial charge in [0.05, 0.1) is 90.2 Å². The molecule has 1 aliphatic heterocycles. The van der Waals surface area contributed by atoms with Crippen LogP contribution in [0.2, 0.25) is 0 Å². The summed E-state index contributed by atoms with van der Waals surface area (Å²) in [6.07, 6.45) is 1.64. The van der Waals surface area contributed by atoms with Crippen LogP contribution < -0.4 is 9.80 Å². The Hall–Kier alpha value is -2.12. The van der Waals surface area contributed by atoms with Crippen molar-refractivity contribution in [1.82, 2.24) is 0 Å². The van der Waals surface area contributed by atoms with Crippen molar-refractivity contribution in [1.29, 1.82) is 0 Å². The van der Waals surface area contributed by atoms with E-state index < -0.39 is 0 Å². The van der Waals surface area contributed by atoms with Crippen LogP contribution >= 0.6 is 0 Å². The second-order valence-corrected chi connectivity index (χ2v) is 15.1. The molecule has 0 aliphatic carbocycles. The average molecular weight is 555 g/mol. The highest BCUT2D eigenvalue weighted by molar-refractivity contribution is 5.94. The van der Waals surface area contributed by atoms with Crippen LogP contribution in [-0.2, 0) is 10.8 Å². The van der Waals surface area contributed by atoms with E-state index in [0.717, 1.165) is 61.1 Å². The largest absolute Gasteiger partial charge is 0.396 e. The molecule has 0 amide bonds. The predicted octanol–water partition coefficient (Wildman–Crippen LogP) is 5.79. The molecule has 1 heterocycles. The number of rotatable bonds is 12. The van der Waals surface area contributed by atoms with Gasteiger partial charge in [-0.1, -0.05) is 53.7 Å². The van der Waals surface area contributed by atoms with Crippen LogP contribution in [0.25, 0.3) is 0 Å². The SMILES string of the molecule is CC(C)(C)c1ccc2c(c1)N(CC[N+](C)(C)CCCO)c1cc(C(C)(C)C)ccc1N2CC[N+](C)(C)CCCO. The zero-order valence-corrected chi connectivity index (χ0v) is 27.2. The summed E-state index contributed by atoms with van der Waals surface area (Å²) in [6.45, 7) is 20.0. The van der Waals surface area contributed by atoms with E-state index in [-0.39, 0.29) is 24.0 Å². The lowest BCUT2D eigenvalue weighted by molar-refractivity contribution is -0.889. The van der Waals surface area contributed by atoms with Crippen molar-refractivity contribution in [2.45, 2.75) is 65.2 Å². The Morgan fingerprint density at radius 2 is 0.900 bits per heavy atom. The summed E-state index contributed by atoms with van der Waals surface area (Å²) in [5.74, 6) is 0. The number of aliphatic hydroxyl groups is 2. The number of likely N-dealkylation sites (N-methyl/N-ethyl adjacent to an activating group) is 2. The van der Waals surface area contributed by atoms with E-state index in [1.807, 2.05) is 0 Å². The molecule has 0 atom stereocenters. The minimum atomic E-state index is 0.0543. The Bertz CT molecular complexity index is 1060. The minimum Gasteiger partial charge on any atom is -0.396 e. The fourth-order valence-corrected chi connectivity index (χ4v) is 5.57. The topological polar surface area (TPSA) is 46.9 Å². The highest BCUT2D eigenvalue weighted by Gasteiger charge is 2.33. The standard InChI is InChI=1S/C34H58N4O2/c1-33(2,3)27-13-15-29-31(25-27)36(18-22-38(9,10)20-12-24-40)32-26-28(34(4,5)6)14-16-30(32)35(29)17-21-37(7,8)19-11-23-39/h13-16,25-26,39-40H,11-12,17-24H2,1-10H3/q+2. The predicted molar refractivity (Wildman–Crippen MR) is 171 cm³/mol. The Morgan fingerprint density at radius 1 is 0.550 bits per heavy atom. The Morgan fingerprint density at radius 3 is 1.23 bits per heavy atom. The third kappa shape index (κ3) is 8.00. The van der Waals surface area contributed by atoms with Gasteiger partial charge in [0.1, 0.15) is 0 Å². The maximum atomic E-state index is 9.47. The van der Waals surface area contributed by atoms with Crippen molar-refractivity contribution in [3.8, 4) is 0 Å². The summed E-state index contributed by atoms with van der Waals surface area (Å²) in [5.41, 5.74) is 7.91. The number of anilines is 4. The van der Waals surface area contributed by atoms with E-state index in [1.165, 1.54) is 33.9 Å². The third-order valence-corrected chi connectivity index (χ3v) is 8.55. The summed E-state index contributed by atoms with van der Waals surface area (Å²) in [4.78, 5) is 5.10. The van der Waals surface area contributed by atoms with E-state index in [2.05, 4.69) is 116 Å². The number of nitrogens with zero attached hydrogens (tertiary/aromatic N) is 4. The van der Waals surface area contributed by atoms with Crippen LogP contribution in [0.4, 0.5) is 22.7 Å². The molecule has 0 saturated carbocycles. The van der Waals surface area contributed by atoms with Gasteiger partial charge in [0.2, 0.25) is 0 Å². The molecule has 3 rings (SSSR count). The van der Waals surface area contributed by atoms with Crippen molar-refractivity contribution >= 4 is 22.7 Å². The maximum absolute atomic E-state index is 9.47. The van der Waals surface area contributed by atoms with Crippen molar-refractivity contribution < 1.29 is 19.2 Å². The lowest BCUT2D eigenvalue weighted by atomic mass is 9.85. The zero-order valence-electron chi connectivity index (χ0n) is 27.2. The smallest absolute Gasteiger partial charge is 0.0964 e. The molecule has 0 radical (unpaired) electrons. The normalized spacial score (nSPS) is 14.4. The van der Waals surface area contributed by atoms with Crippen LogP contribution in [0.15, 0.2) is 36.4 Å². The van der Waals surface area contributed by atoms with Gasteiger partial charge in [0, 0.05) is 26.1 Å². The molecule has 0 saturated heterocycles. The first kappa shape index (κ1) is 32.4. The van der Waals surface area contributed by atoms with Crippen LogP contribution in [0, 0.1) is 0 Å². The van der Waals surface area contributed by atoms with Crippen LogP contribution in [0.5, 0.6) is 0 Å². The second kappa shape index (κ2) is 12.4. The van der Waals surface area contributed by atoms with Crippen LogP contribution in [0.3, 0.4) is 0 Å². The molecule has 2 aromatic rings. The molecule has 0 fully saturated rings. The van der Waals surface area contributed by atoms with Crippen molar-refractivity contribution in [3.63, 3.8) is 0 Å². The van der Waals surface area contributed by atoms with Gasteiger partial charge in [-0.05, 0) is 46.2 Å². The summed E-state index contributed by atoms with van der Waals surface area (Å²) in [5, 5.41) is 18.9. The average Bonchev–Trinajstić information content (AvgIpc) is 2.86. The first-order valence-corrected chi connectivity index (χ1v) is 15.2. The van der Waals surface area contributed by atoms with Gasteiger partial charge >= 0.3 is 0 Å². The van der Waals surface area contributed by atoms with Gasteiger partial charge in [-0.15, -0.1) is 0 Å². The van der Waals surface area contributed by atoms with Crippen LogP contribution in [0.1, 0.15) is 65.5 Å². The van der Waals surface area contributed by atoms with E-state index in [9.17, 15) is 10.2 Å². The lowest BCUT2D eigenvalue weighted by Gasteiger charge is -2.43. The summed E-state index contributed by atoms with van der Waals surface area (Å²) in [6, 6.07) is 14.1. The van der Waals surface area contributed by atoms with Crippen LogP contribution in [-0.4, -0.2) is 99.9 Å². The fraction of sp³-hybridized carbons (Fsp3) is 0.647. The molecule has 1 aliphatic rings. The number of fused-ring (bicyclic) bond motifs is 2. The first-order valence-electron chi connectivity index (χ1n) is 15.2. The first-order chi connectivity index (χ1) is 18.5. The van der Waals surface area contributed by atoms with Gasteiger partial charge < -0.3 is 29.0 Å². The van der Waals surface area contributed by atoms with Gasteiger partial charge in [-0.25, -0.2) is 0 Å². The quantitative estimate of drug-likeness (QED) is 0.326. The molecule has 40 heavy (non-hydrogen) atoms. The second-order valence-electron chi connectivity index (χ2n) is 15.1. The highest BCUT2D eigenvalue weighted by Crippen LogP contribution is 2.50. The highest BCUT2D eigenvalue weighted by atomic mass is 16.3. The minimum absolute atomic E-state index is 0.0543. The number of hydrogen-bond acceptors (Lipinski definition) is 4. The maximum Gasteiger partial charge on any atom is 0.0964 e. The molecule has 6 nitrogen and oxygen atoms in total. The van der Waals surface area contributed by atoms with Gasteiger partial charge in [0.15, 0.2) is 0 Å². The molecule has 0 bridgehead atoms. The molecule has 0 aromatic heterocycles. The Balaban J connectivity index is 2.14. The van der Waals surface area contributed by atoms with Crippen molar-refractivity contribution in [2.75, 3.05) is 90.5 Å². The molecular weight excluding hydrogens is 496 g/mol. The van der Waals surface area contributed by atoms with Gasteiger partial charge in [-0.2, -0.15) is 0 Å². The number of hydrogen-bond donors (Lipinski definition) is 2. The summed E-state index contributed by atoms with van der Waals surface area (Å²) >= 11 is 0. The summed E-state index contributed by atoms with van der Waals surface area (Å²) < 4.78 is 1.75. The zero-order chi connectivity index (χ0) is 29.9. The molecule has 0 unspecified atom stereocenters. The van der Waals surface area contributed by atoms with Gasteiger partial charge in [-0.3, -0.25) is 0 Å². The monoisotopic (exact) mass is 554 g/mol. The van der Waals surface area contributed by atoms with E-state index in [1.54, 1.807) is 0 Å². The fourth-order valence-electron chi connectivity index (χ4n) is 5.57. The Kier molecular flexibility index (Phi) is 10.0. The molecule has 2 N–H and O–H groups in total. The van der Waals surface area contributed by atoms with E-state index in [4.69, 9.17) is 0 Å². The molecular formula is C34H58N4O2+2. The van der Waals surface area contributed by atoms with E-state index >= 15 is 0 Å². The number of aliphatic hydroxyl groups excluding tert-OH is 2. The number of quaternary nitrogens is 2. The summed E-state index contributed by atoms with van der Waals surface area (Å²) in [7, 11) is 9.09. The molecule has 0 spiro atoms. The third-order valence-electron chi connectivity index (χ3n) is 8.55. The van der Waals surface area contributed by atoms with Gasteiger partial charge in [0.25, 0.3) is 0 Å². The molecule has 2 aromatic carbocycles. The van der Waals surface area contributed by atoms with E-state index in [0.29, 0.717) is 0 Å². The van der Waals surface area contributed by atoms with Crippen molar-refractivity contribution in [2.24, 2.45) is 0 Å². The molecule has 6 heteroatoms.